The highest BCUT2D eigenvalue weighted by Crippen LogP contribution is 1.96. The molecule has 1 N–H and O–H groups in total. The molecular weight excluding hydrogens is 192 g/mol. The zero-order valence-corrected chi connectivity index (χ0v) is 7.02. The summed E-state index contributed by atoms with van der Waals surface area (Å²) in [6.45, 7) is 0. The zero-order chi connectivity index (χ0) is 8.91. The standard InChI is InChI=1S/C4H6O5S2/c1-2-3-4-11(7,8)9-10(5)6/h1H,3-4H2,(H,5,6). The Balaban J connectivity index is 4.05. The van der Waals surface area contributed by atoms with Gasteiger partial charge in [0.05, 0.1) is 5.75 Å². The number of hydrogen-bond donors (Lipinski definition) is 1. The Morgan fingerprint density at radius 1 is 1.64 bits per heavy atom. The summed E-state index contributed by atoms with van der Waals surface area (Å²) in [4.78, 5) is 0. The van der Waals surface area contributed by atoms with Gasteiger partial charge in [0, 0.05) is 6.42 Å². The molecule has 0 radical (unpaired) electrons. The van der Waals surface area contributed by atoms with E-state index in [1.54, 1.807) is 0 Å². The van der Waals surface area contributed by atoms with Crippen LogP contribution in [0.5, 0.6) is 0 Å². The molecular formula is C4H6O5S2. The highest BCUT2D eigenvalue weighted by atomic mass is 32.3. The Bertz CT molecular complexity index is 271. The SMILES string of the molecule is C#CCCS(=O)(=O)OS(=O)O. The largest absolute Gasteiger partial charge is 0.317 e. The van der Waals surface area contributed by atoms with Gasteiger partial charge in [-0.05, 0) is 0 Å². The van der Waals surface area contributed by atoms with Crippen LogP contribution in [0.2, 0.25) is 0 Å². The maximum Gasteiger partial charge on any atom is 0.317 e. The minimum atomic E-state index is -3.94. The summed E-state index contributed by atoms with van der Waals surface area (Å²) >= 11 is -2.80. The molecule has 11 heavy (non-hydrogen) atoms. The summed E-state index contributed by atoms with van der Waals surface area (Å²) in [7, 11) is -3.94. The summed E-state index contributed by atoms with van der Waals surface area (Å²) in [6, 6.07) is 0. The second-order valence-electron chi connectivity index (χ2n) is 1.50. The third kappa shape index (κ3) is 6.00. The van der Waals surface area contributed by atoms with E-state index in [1.807, 2.05) is 0 Å². The van der Waals surface area contributed by atoms with E-state index in [0.717, 1.165) is 0 Å². The molecule has 0 heterocycles. The third-order valence-electron chi connectivity index (χ3n) is 0.658. The number of terminal acetylenes is 1. The molecule has 0 amide bonds. The minimum absolute atomic E-state index is 0.0421. The third-order valence-corrected chi connectivity index (χ3v) is 2.66. The molecule has 0 aliphatic carbocycles. The highest BCUT2D eigenvalue weighted by molar-refractivity contribution is 7.95. The van der Waals surface area contributed by atoms with Crippen molar-refractivity contribution >= 4 is 21.5 Å². The average Bonchev–Trinajstić information content (AvgIpc) is 1.81. The van der Waals surface area contributed by atoms with Crippen LogP contribution in [0, 0.1) is 12.3 Å². The van der Waals surface area contributed by atoms with Crippen LogP contribution in [0.25, 0.3) is 0 Å². The summed E-state index contributed by atoms with van der Waals surface area (Å²) in [5.74, 6) is 1.61. The van der Waals surface area contributed by atoms with Crippen LogP contribution in [-0.2, 0) is 25.1 Å². The molecule has 0 saturated carbocycles. The van der Waals surface area contributed by atoms with Crippen LogP contribution in [0.3, 0.4) is 0 Å². The average molecular weight is 198 g/mol. The summed E-state index contributed by atoms with van der Waals surface area (Å²) in [6.07, 6.45) is 4.72. The van der Waals surface area contributed by atoms with Crippen molar-refractivity contribution in [2.75, 3.05) is 5.75 Å². The lowest BCUT2D eigenvalue weighted by atomic mass is 10.5. The van der Waals surface area contributed by atoms with Gasteiger partial charge in [0.1, 0.15) is 0 Å². The van der Waals surface area contributed by atoms with E-state index in [2.05, 4.69) is 9.55 Å². The van der Waals surface area contributed by atoms with Crippen LogP contribution in [0.15, 0.2) is 0 Å². The summed E-state index contributed by atoms with van der Waals surface area (Å²) in [5.41, 5.74) is 0. The van der Waals surface area contributed by atoms with Crippen molar-refractivity contribution in [3.05, 3.63) is 0 Å². The van der Waals surface area contributed by atoms with Crippen molar-refractivity contribution in [3.63, 3.8) is 0 Å². The van der Waals surface area contributed by atoms with Crippen molar-refractivity contribution in [3.8, 4) is 12.3 Å². The van der Waals surface area contributed by atoms with Gasteiger partial charge < -0.3 is 0 Å². The Kier molecular flexibility index (Phi) is 4.29. The predicted molar refractivity (Wildman–Crippen MR) is 39.1 cm³/mol. The first kappa shape index (κ1) is 10.6. The highest BCUT2D eigenvalue weighted by Gasteiger charge is 2.13. The van der Waals surface area contributed by atoms with Crippen molar-refractivity contribution in [1.29, 1.82) is 0 Å². The number of hydrogen-bond acceptors (Lipinski definition) is 4. The van der Waals surface area contributed by atoms with Gasteiger partial charge in [0.2, 0.25) is 0 Å². The van der Waals surface area contributed by atoms with Crippen LogP contribution in [0.4, 0.5) is 0 Å². The second-order valence-corrected chi connectivity index (χ2v) is 4.00. The molecule has 0 aromatic heterocycles. The van der Waals surface area contributed by atoms with E-state index in [1.165, 1.54) is 0 Å². The van der Waals surface area contributed by atoms with Crippen molar-refractivity contribution < 1.29 is 20.8 Å². The Morgan fingerprint density at radius 3 is 2.55 bits per heavy atom. The van der Waals surface area contributed by atoms with Gasteiger partial charge in [0.15, 0.2) is 0 Å². The van der Waals surface area contributed by atoms with E-state index in [0.29, 0.717) is 0 Å². The lowest BCUT2D eigenvalue weighted by Gasteiger charge is -1.96. The fraction of sp³-hybridized carbons (Fsp3) is 0.500. The lowest BCUT2D eigenvalue weighted by Crippen LogP contribution is -2.11. The lowest BCUT2D eigenvalue weighted by molar-refractivity contribution is 0.443. The van der Waals surface area contributed by atoms with E-state index in [4.69, 9.17) is 11.0 Å². The fourth-order valence-corrected chi connectivity index (χ4v) is 1.66. The van der Waals surface area contributed by atoms with E-state index >= 15 is 0 Å². The van der Waals surface area contributed by atoms with Crippen LogP contribution >= 0.6 is 0 Å². The molecule has 1 atom stereocenters. The fourth-order valence-electron chi connectivity index (χ4n) is 0.307. The van der Waals surface area contributed by atoms with Crippen LogP contribution < -0.4 is 0 Å². The van der Waals surface area contributed by atoms with Crippen molar-refractivity contribution in [1.82, 2.24) is 0 Å². The Hall–Kier alpha value is -0.420. The monoisotopic (exact) mass is 198 g/mol. The normalized spacial score (nSPS) is 13.8. The van der Waals surface area contributed by atoms with Gasteiger partial charge >= 0.3 is 11.4 Å². The molecule has 0 aromatic carbocycles. The second kappa shape index (κ2) is 4.46. The molecule has 7 heteroatoms. The van der Waals surface area contributed by atoms with Gasteiger partial charge in [-0.25, -0.2) is 0 Å². The molecule has 0 rings (SSSR count). The molecule has 0 fully saturated rings. The summed E-state index contributed by atoms with van der Waals surface area (Å²) in [5, 5.41) is 0. The molecule has 0 aliphatic rings. The Morgan fingerprint density at radius 2 is 2.18 bits per heavy atom. The first-order chi connectivity index (χ1) is 4.98. The topological polar surface area (TPSA) is 80.7 Å². The van der Waals surface area contributed by atoms with E-state index in [9.17, 15) is 12.6 Å². The van der Waals surface area contributed by atoms with Crippen molar-refractivity contribution in [2.45, 2.75) is 6.42 Å². The Labute approximate surface area is 67.4 Å². The van der Waals surface area contributed by atoms with E-state index < -0.39 is 27.2 Å². The van der Waals surface area contributed by atoms with Gasteiger partial charge in [-0.15, -0.1) is 16.0 Å². The minimum Gasteiger partial charge on any atom is -0.283 e. The van der Waals surface area contributed by atoms with Gasteiger partial charge in [-0.1, -0.05) is 0 Å². The van der Waals surface area contributed by atoms with Gasteiger partial charge in [-0.3, -0.25) is 4.55 Å². The van der Waals surface area contributed by atoms with E-state index in [-0.39, 0.29) is 6.42 Å². The van der Waals surface area contributed by atoms with Gasteiger partial charge in [0.25, 0.3) is 10.1 Å². The predicted octanol–water partition coefficient (Wildman–Crippen LogP) is -0.507. The van der Waals surface area contributed by atoms with Crippen LogP contribution in [-0.4, -0.2) is 22.9 Å². The molecule has 64 valence electrons. The van der Waals surface area contributed by atoms with Crippen LogP contribution in [0.1, 0.15) is 6.42 Å². The summed E-state index contributed by atoms with van der Waals surface area (Å²) < 4.78 is 42.5. The smallest absolute Gasteiger partial charge is 0.283 e. The quantitative estimate of drug-likeness (QED) is 0.486. The molecule has 0 bridgehead atoms. The maximum atomic E-state index is 10.5. The molecule has 0 saturated heterocycles. The first-order valence-corrected chi connectivity index (χ1v) is 5.06. The molecule has 0 aromatic rings. The van der Waals surface area contributed by atoms with Gasteiger partial charge in [-0.2, -0.15) is 12.6 Å². The maximum absolute atomic E-state index is 10.5. The molecule has 1 unspecified atom stereocenters. The number of rotatable bonds is 4. The zero-order valence-electron chi connectivity index (χ0n) is 5.39. The molecule has 0 aliphatic heterocycles. The van der Waals surface area contributed by atoms with Crippen molar-refractivity contribution in [2.24, 2.45) is 0 Å². The molecule has 5 nitrogen and oxygen atoms in total. The first-order valence-electron chi connectivity index (χ1n) is 2.45. The molecule has 0 spiro atoms.